The van der Waals surface area contributed by atoms with E-state index < -0.39 is 11.6 Å². The molecule has 1 aromatic carbocycles. The van der Waals surface area contributed by atoms with Crippen LogP contribution < -0.4 is 10.1 Å². The Morgan fingerprint density at radius 2 is 1.92 bits per heavy atom. The molecule has 1 atom stereocenters. The number of aliphatic hydroxyl groups is 1. The Morgan fingerprint density at radius 1 is 1.25 bits per heavy atom. The molecule has 134 valence electrons. The number of amides is 1. The summed E-state index contributed by atoms with van der Waals surface area (Å²) < 4.78 is 9.89. The molecule has 24 heavy (non-hydrogen) atoms. The molecule has 0 spiro atoms. The van der Waals surface area contributed by atoms with Crippen molar-refractivity contribution in [2.24, 2.45) is 0 Å². The lowest BCUT2D eigenvalue weighted by molar-refractivity contribution is -0.148. The summed E-state index contributed by atoms with van der Waals surface area (Å²) >= 11 is 0. The van der Waals surface area contributed by atoms with Gasteiger partial charge in [-0.2, -0.15) is 0 Å². The van der Waals surface area contributed by atoms with Gasteiger partial charge in [-0.15, -0.1) is 0 Å². The number of esters is 1. The highest BCUT2D eigenvalue weighted by atomic mass is 16.5. The van der Waals surface area contributed by atoms with E-state index in [1.807, 2.05) is 24.3 Å². The standard InChI is InChI=1S/C18H27NO5/c1-4-24-17(21)12-18(2,22)13-19-16(20)7-5-6-14-8-10-15(23-3)11-9-14/h8-11,22H,4-7,12-13H2,1-3H3,(H,19,20). The molecular formula is C18H27NO5. The topological polar surface area (TPSA) is 84.9 Å². The fourth-order valence-corrected chi connectivity index (χ4v) is 2.21. The van der Waals surface area contributed by atoms with E-state index in [0.29, 0.717) is 12.8 Å². The van der Waals surface area contributed by atoms with Crippen LogP contribution in [0.15, 0.2) is 24.3 Å². The van der Waals surface area contributed by atoms with Crippen LogP contribution in [0.25, 0.3) is 0 Å². The summed E-state index contributed by atoms with van der Waals surface area (Å²) in [5.41, 5.74) is -0.171. The van der Waals surface area contributed by atoms with E-state index in [2.05, 4.69) is 5.32 Å². The van der Waals surface area contributed by atoms with Crippen molar-refractivity contribution >= 4 is 11.9 Å². The van der Waals surface area contributed by atoms with Crippen LogP contribution in [0.2, 0.25) is 0 Å². The Labute approximate surface area is 143 Å². The highest BCUT2D eigenvalue weighted by Crippen LogP contribution is 2.13. The fraction of sp³-hybridized carbons (Fsp3) is 0.556. The van der Waals surface area contributed by atoms with Gasteiger partial charge in [0.2, 0.25) is 5.91 Å². The maximum atomic E-state index is 11.8. The number of benzene rings is 1. The molecule has 1 aromatic rings. The van der Waals surface area contributed by atoms with Crippen LogP contribution in [0.3, 0.4) is 0 Å². The van der Waals surface area contributed by atoms with Gasteiger partial charge in [0.05, 0.1) is 25.7 Å². The molecule has 0 aromatic heterocycles. The van der Waals surface area contributed by atoms with Gasteiger partial charge < -0.3 is 19.9 Å². The van der Waals surface area contributed by atoms with Crippen LogP contribution in [0, 0.1) is 0 Å². The molecule has 0 radical (unpaired) electrons. The minimum Gasteiger partial charge on any atom is -0.497 e. The molecule has 1 rings (SSSR count). The third kappa shape index (κ3) is 7.97. The molecular weight excluding hydrogens is 310 g/mol. The number of methoxy groups -OCH3 is 1. The minimum absolute atomic E-state index is 0.0210. The first-order valence-electron chi connectivity index (χ1n) is 8.14. The largest absolute Gasteiger partial charge is 0.497 e. The summed E-state index contributed by atoms with van der Waals surface area (Å²) in [4.78, 5) is 23.2. The second-order valence-electron chi connectivity index (χ2n) is 5.96. The molecule has 6 nitrogen and oxygen atoms in total. The van der Waals surface area contributed by atoms with Crippen LogP contribution in [0.5, 0.6) is 5.75 Å². The average molecular weight is 337 g/mol. The quantitative estimate of drug-likeness (QED) is 0.636. The van der Waals surface area contributed by atoms with Crippen molar-refractivity contribution in [1.29, 1.82) is 0 Å². The highest BCUT2D eigenvalue weighted by molar-refractivity contribution is 5.76. The first-order chi connectivity index (χ1) is 11.4. The highest BCUT2D eigenvalue weighted by Gasteiger charge is 2.25. The lowest BCUT2D eigenvalue weighted by atomic mass is 10.0. The molecule has 0 fully saturated rings. The van der Waals surface area contributed by atoms with E-state index in [9.17, 15) is 14.7 Å². The first-order valence-corrected chi connectivity index (χ1v) is 8.14. The number of carbonyl (C=O) groups is 2. The van der Waals surface area contributed by atoms with E-state index in [0.717, 1.165) is 17.7 Å². The number of nitrogens with one attached hydrogen (secondary N) is 1. The Morgan fingerprint density at radius 3 is 2.50 bits per heavy atom. The Kier molecular flexibility index (Phi) is 8.26. The molecule has 0 saturated heterocycles. The Hall–Kier alpha value is -2.08. The number of rotatable bonds is 10. The summed E-state index contributed by atoms with van der Waals surface area (Å²) in [5.74, 6) is 0.184. The predicted molar refractivity (Wildman–Crippen MR) is 90.8 cm³/mol. The van der Waals surface area contributed by atoms with Gasteiger partial charge in [-0.05, 0) is 44.4 Å². The van der Waals surface area contributed by atoms with Crippen molar-refractivity contribution in [3.05, 3.63) is 29.8 Å². The zero-order chi connectivity index (χ0) is 18.0. The SMILES string of the molecule is CCOC(=O)CC(C)(O)CNC(=O)CCCc1ccc(OC)cc1. The molecule has 0 aliphatic rings. The number of carbonyl (C=O) groups excluding carboxylic acids is 2. The van der Waals surface area contributed by atoms with Gasteiger partial charge in [0, 0.05) is 13.0 Å². The second-order valence-corrected chi connectivity index (χ2v) is 5.96. The van der Waals surface area contributed by atoms with Crippen LogP contribution in [-0.4, -0.2) is 42.8 Å². The van der Waals surface area contributed by atoms with E-state index in [4.69, 9.17) is 9.47 Å². The maximum Gasteiger partial charge on any atom is 0.308 e. The van der Waals surface area contributed by atoms with Crippen LogP contribution in [0.4, 0.5) is 0 Å². The van der Waals surface area contributed by atoms with Gasteiger partial charge in [0.1, 0.15) is 5.75 Å². The van der Waals surface area contributed by atoms with Gasteiger partial charge in [-0.1, -0.05) is 12.1 Å². The molecule has 1 amide bonds. The molecule has 0 heterocycles. The summed E-state index contributed by atoms with van der Waals surface area (Å²) in [6.07, 6.45) is 1.71. The van der Waals surface area contributed by atoms with Crippen LogP contribution in [-0.2, 0) is 20.7 Å². The number of hydrogen-bond donors (Lipinski definition) is 2. The van der Waals surface area contributed by atoms with Crippen molar-refractivity contribution in [3.8, 4) is 5.75 Å². The van der Waals surface area contributed by atoms with Gasteiger partial charge in [0.15, 0.2) is 0 Å². The molecule has 1 unspecified atom stereocenters. The molecule has 2 N–H and O–H groups in total. The second kappa shape index (κ2) is 9.93. The first kappa shape index (κ1) is 20.0. The van der Waals surface area contributed by atoms with E-state index in [1.165, 1.54) is 6.92 Å². The Balaban J connectivity index is 2.26. The number of hydrogen-bond acceptors (Lipinski definition) is 5. The number of aryl methyl sites for hydroxylation is 1. The van der Waals surface area contributed by atoms with Crippen LogP contribution >= 0.6 is 0 Å². The van der Waals surface area contributed by atoms with Crippen LogP contribution in [0.1, 0.15) is 38.7 Å². The number of ether oxygens (including phenoxy) is 2. The zero-order valence-electron chi connectivity index (χ0n) is 14.6. The molecule has 0 aliphatic carbocycles. The molecule has 0 aliphatic heterocycles. The summed E-state index contributed by atoms with van der Waals surface area (Å²) in [6.45, 7) is 3.50. The third-order valence-corrected chi connectivity index (χ3v) is 3.53. The van der Waals surface area contributed by atoms with Gasteiger partial charge in [0.25, 0.3) is 0 Å². The maximum absolute atomic E-state index is 11.8. The molecule has 0 saturated carbocycles. The molecule has 0 bridgehead atoms. The summed E-state index contributed by atoms with van der Waals surface area (Å²) in [5, 5.41) is 12.7. The third-order valence-electron chi connectivity index (χ3n) is 3.53. The summed E-state index contributed by atoms with van der Waals surface area (Å²) in [7, 11) is 1.62. The minimum atomic E-state index is -1.31. The lowest BCUT2D eigenvalue weighted by Gasteiger charge is -2.22. The summed E-state index contributed by atoms with van der Waals surface area (Å²) in [6, 6.07) is 7.73. The monoisotopic (exact) mass is 337 g/mol. The van der Waals surface area contributed by atoms with Crippen molar-refractivity contribution in [3.63, 3.8) is 0 Å². The van der Waals surface area contributed by atoms with Crippen molar-refractivity contribution in [2.45, 2.75) is 45.1 Å². The average Bonchev–Trinajstić information content (AvgIpc) is 2.53. The normalized spacial score (nSPS) is 13.0. The van der Waals surface area contributed by atoms with E-state index in [1.54, 1.807) is 14.0 Å². The van der Waals surface area contributed by atoms with Gasteiger partial charge in [-0.25, -0.2) is 0 Å². The van der Waals surface area contributed by atoms with Crippen molar-refractivity contribution in [2.75, 3.05) is 20.3 Å². The predicted octanol–water partition coefficient (Wildman–Crippen LogP) is 1.84. The fourth-order valence-electron chi connectivity index (χ4n) is 2.21. The lowest BCUT2D eigenvalue weighted by Crippen LogP contribution is -2.42. The smallest absolute Gasteiger partial charge is 0.308 e. The van der Waals surface area contributed by atoms with E-state index in [-0.39, 0.29) is 25.5 Å². The van der Waals surface area contributed by atoms with Gasteiger partial charge in [-0.3, -0.25) is 9.59 Å². The van der Waals surface area contributed by atoms with Crippen molar-refractivity contribution in [1.82, 2.24) is 5.32 Å². The Bertz CT molecular complexity index is 525. The van der Waals surface area contributed by atoms with Gasteiger partial charge >= 0.3 is 5.97 Å². The van der Waals surface area contributed by atoms with E-state index >= 15 is 0 Å². The van der Waals surface area contributed by atoms with Crippen molar-refractivity contribution < 1.29 is 24.2 Å². The zero-order valence-corrected chi connectivity index (χ0v) is 14.6. The molecule has 6 heteroatoms.